The van der Waals surface area contributed by atoms with E-state index in [4.69, 9.17) is 30.5 Å². The van der Waals surface area contributed by atoms with E-state index in [-0.39, 0.29) is 50.4 Å². The summed E-state index contributed by atoms with van der Waals surface area (Å²) in [6.45, 7) is 0.590. The number of carbonyl (C=O) groups is 2. The normalized spacial score (nSPS) is 18.1. The standard InChI is InChI=1S/C33H35ClF3N3O6/c1-33(36,37)18-39-32(42)44-17-23-16-43-24(15-38-23)10-11-25-27(35)3-2-4-28(25)40-31(41)14-26(20-5-8-22(34)9-6-20)21-7-12-29-30(13-21)46-19-45-29/h2-9,12-13,23-24,26,38H,10-11,14-19H2,1H3,(H,39,42)(H,40,41)/t23-,24+,26+/m0/s1. The summed E-state index contributed by atoms with van der Waals surface area (Å²) in [5.41, 5.74) is 2.48. The van der Waals surface area contributed by atoms with E-state index in [2.05, 4.69) is 10.6 Å². The molecular formula is C33H35ClF3N3O6. The minimum absolute atomic E-state index is 0.0550. The summed E-state index contributed by atoms with van der Waals surface area (Å²) in [6, 6.07) is 17.1. The third-order valence-corrected chi connectivity index (χ3v) is 7.95. The molecule has 2 heterocycles. The highest BCUT2D eigenvalue weighted by Crippen LogP contribution is 2.38. The molecule has 3 aromatic carbocycles. The first-order chi connectivity index (χ1) is 22.0. The number of hydrogen-bond acceptors (Lipinski definition) is 7. The number of hydrogen-bond donors (Lipinski definition) is 3. The van der Waals surface area contributed by atoms with Gasteiger partial charge in [0.1, 0.15) is 12.4 Å². The number of benzene rings is 3. The van der Waals surface area contributed by atoms with Gasteiger partial charge in [-0.05, 0) is 60.4 Å². The number of alkyl carbamates (subject to hydrolysis) is 1. The Labute approximate surface area is 269 Å². The molecule has 5 rings (SSSR count). The number of halogens is 4. The Bertz CT molecular complexity index is 1510. The molecule has 0 unspecified atom stereocenters. The highest BCUT2D eigenvalue weighted by atomic mass is 35.5. The average molecular weight is 662 g/mol. The zero-order valence-electron chi connectivity index (χ0n) is 25.1. The molecule has 1 saturated heterocycles. The van der Waals surface area contributed by atoms with Crippen LogP contribution in [0.25, 0.3) is 0 Å². The van der Waals surface area contributed by atoms with Crippen molar-refractivity contribution in [3.63, 3.8) is 0 Å². The maximum atomic E-state index is 15.0. The van der Waals surface area contributed by atoms with Gasteiger partial charge in [0.05, 0.1) is 25.3 Å². The molecule has 2 aliphatic heterocycles. The Balaban J connectivity index is 1.17. The largest absolute Gasteiger partial charge is 0.454 e. The first-order valence-electron chi connectivity index (χ1n) is 14.9. The minimum Gasteiger partial charge on any atom is -0.454 e. The van der Waals surface area contributed by atoms with Crippen LogP contribution in [-0.4, -0.2) is 63.2 Å². The van der Waals surface area contributed by atoms with Crippen LogP contribution in [-0.2, 0) is 20.7 Å². The molecule has 0 saturated carbocycles. The van der Waals surface area contributed by atoms with Crippen molar-refractivity contribution in [2.45, 2.75) is 50.2 Å². The molecule has 46 heavy (non-hydrogen) atoms. The summed E-state index contributed by atoms with van der Waals surface area (Å²) < 4.78 is 62.7. The highest BCUT2D eigenvalue weighted by molar-refractivity contribution is 6.30. The van der Waals surface area contributed by atoms with Crippen molar-refractivity contribution >= 4 is 29.3 Å². The molecule has 0 spiro atoms. The second-order valence-electron chi connectivity index (χ2n) is 11.4. The molecule has 9 nitrogen and oxygen atoms in total. The van der Waals surface area contributed by atoms with E-state index in [9.17, 15) is 18.4 Å². The summed E-state index contributed by atoms with van der Waals surface area (Å²) in [5, 5.41) is 8.70. The Hall–Kier alpha value is -4.00. The quantitative estimate of drug-likeness (QED) is 0.217. The Morgan fingerprint density at radius 3 is 2.59 bits per heavy atom. The van der Waals surface area contributed by atoms with Crippen molar-refractivity contribution in [1.82, 2.24) is 10.6 Å². The maximum absolute atomic E-state index is 15.0. The first kappa shape index (κ1) is 33.4. The molecule has 13 heteroatoms. The van der Waals surface area contributed by atoms with Crippen LogP contribution in [0.15, 0.2) is 60.7 Å². The number of amides is 2. The van der Waals surface area contributed by atoms with Crippen molar-refractivity contribution < 1.29 is 41.7 Å². The summed E-state index contributed by atoms with van der Waals surface area (Å²) in [4.78, 5) is 25.1. The van der Waals surface area contributed by atoms with E-state index in [0.29, 0.717) is 54.1 Å². The molecule has 0 bridgehead atoms. The van der Waals surface area contributed by atoms with Gasteiger partial charge in [-0.3, -0.25) is 4.79 Å². The van der Waals surface area contributed by atoms with Gasteiger partial charge >= 0.3 is 6.09 Å². The van der Waals surface area contributed by atoms with Gasteiger partial charge in [0, 0.05) is 42.1 Å². The van der Waals surface area contributed by atoms with Crippen LogP contribution in [0.1, 0.15) is 42.4 Å². The van der Waals surface area contributed by atoms with Gasteiger partial charge in [-0.25, -0.2) is 18.0 Å². The smallest absolute Gasteiger partial charge is 0.407 e. The van der Waals surface area contributed by atoms with Gasteiger partial charge in [-0.1, -0.05) is 35.9 Å². The third kappa shape index (κ3) is 9.27. The van der Waals surface area contributed by atoms with Crippen molar-refractivity contribution in [2.24, 2.45) is 0 Å². The molecule has 0 aromatic heterocycles. The van der Waals surface area contributed by atoms with E-state index < -0.39 is 24.4 Å². The SMILES string of the molecule is CC(F)(F)CNC(=O)OC[C@@H]1CO[C@H](CCc2c(F)cccc2NC(=O)C[C@H](c2ccc(Cl)cc2)c2ccc3c(c2)OCO3)CN1. The number of carbonyl (C=O) groups excluding carboxylic acids is 2. The molecule has 3 N–H and O–H groups in total. The lowest BCUT2D eigenvalue weighted by Crippen LogP contribution is -2.49. The molecule has 2 amide bonds. The fourth-order valence-electron chi connectivity index (χ4n) is 5.29. The lowest BCUT2D eigenvalue weighted by molar-refractivity contribution is -0.116. The van der Waals surface area contributed by atoms with E-state index in [1.807, 2.05) is 35.6 Å². The number of morpholine rings is 1. The predicted octanol–water partition coefficient (Wildman–Crippen LogP) is 6.04. The summed E-state index contributed by atoms with van der Waals surface area (Å²) in [5.74, 6) is -2.87. The zero-order chi connectivity index (χ0) is 32.7. The van der Waals surface area contributed by atoms with Crippen LogP contribution in [0.2, 0.25) is 5.02 Å². The first-order valence-corrected chi connectivity index (χ1v) is 15.3. The van der Waals surface area contributed by atoms with Gasteiger partial charge in [-0.15, -0.1) is 0 Å². The van der Waals surface area contributed by atoms with Gasteiger partial charge in [0.15, 0.2) is 11.5 Å². The average Bonchev–Trinajstić information content (AvgIpc) is 3.50. The fraction of sp³-hybridized carbons (Fsp3) is 0.394. The molecule has 1 fully saturated rings. The van der Waals surface area contributed by atoms with Crippen LogP contribution in [0, 0.1) is 5.82 Å². The monoisotopic (exact) mass is 661 g/mol. The van der Waals surface area contributed by atoms with Crippen molar-refractivity contribution in [2.75, 3.05) is 38.4 Å². The Morgan fingerprint density at radius 1 is 1.09 bits per heavy atom. The van der Waals surface area contributed by atoms with Gasteiger partial charge < -0.3 is 34.9 Å². The second-order valence-corrected chi connectivity index (χ2v) is 11.8. The number of ether oxygens (including phenoxy) is 4. The maximum Gasteiger partial charge on any atom is 0.407 e. The molecule has 246 valence electrons. The summed E-state index contributed by atoms with van der Waals surface area (Å²) in [6.07, 6.45) is -0.357. The van der Waals surface area contributed by atoms with Gasteiger partial charge in [-0.2, -0.15) is 0 Å². The van der Waals surface area contributed by atoms with Crippen LogP contribution in [0.5, 0.6) is 11.5 Å². The van der Waals surface area contributed by atoms with Crippen molar-refractivity contribution in [3.05, 3.63) is 88.2 Å². The number of anilines is 1. The molecule has 3 atom stereocenters. The van der Waals surface area contributed by atoms with E-state index in [1.165, 1.54) is 6.07 Å². The molecule has 0 radical (unpaired) electrons. The van der Waals surface area contributed by atoms with Crippen LogP contribution < -0.4 is 25.4 Å². The zero-order valence-corrected chi connectivity index (χ0v) is 25.9. The molecule has 0 aliphatic carbocycles. The topological polar surface area (TPSA) is 107 Å². The van der Waals surface area contributed by atoms with Gasteiger partial charge in [0.25, 0.3) is 5.92 Å². The number of nitrogens with one attached hydrogen (secondary N) is 3. The second kappa shape index (κ2) is 15.1. The van der Waals surface area contributed by atoms with Crippen LogP contribution in [0.3, 0.4) is 0 Å². The van der Waals surface area contributed by atoms with E-state index in [1.54, 1.807) is 24.3 Å². The third-order valence-electron chi connectivity index (χ3n) is 7.70. The number of rotatable bonds is 12. The summed E-state index contributed by atoms with van der Waals surface area (Å²) >= 11 is 6.12. The predicted molar refractivity (Wildman–Crippen MR) is 165 cm³/mol. The Morgan fingerprint density at radius 2 is 1.85 bits per heavy atom. The van der Waals surface area contributed by atoms with Gasteiger partial charge in [0.2, 0.25) is 12.7 Å². The van der Waals surface area contributed by atoms with Crippen LogP contribution >= 0.6 is 11.6 Å². The van der Waals surface area contributed by atoms with Crippen molar-refractivity contribution in [3.8, 4) is 11.5 Å². The number of fused-ring (bicyclic) bond motifs is 1. The Kier molecular flexibility index (Phi) is 10.9. The summed E-state index contributed by atoms with van der Waals surface area (Å²) in [7, 11) is 0. The van der Waals surface area contributed by atoms with E-state index >= 15 is 4.39 Å². The van der Waals surface area contributed by atoms with Crippen LogP contribution in [0.4, 0.5) is 23.7 Å². The lowest BCUT2D eigenvalue weighted by atomic mass is 9.88. The minimum atomic E-state index is -3.03. The van der Waals surface area contributed by atoms with E-state index in [0.717, 1.165) is 11.1 Å². The fourth-order valence-corrected chi connectivity index (χ4v) is 5.42. The number of alkyl halides is 2. The van der Waals surface area contributed by atoms with Crippen molar-refractivity contribution in [1.29, 1.82) is 0 Å². The highest BCUT2D eigenvalue weighted by Gasteiger charge is 2.26. The molecule has 2 aliphatic rings. The lowest BCUT2D eigenvalue weighted by Gasteiger charge is -2.30. The molecular weight excluding hydrogens is 627 g/mol. The molecule has 3 aromatic rings.